The molecule has 5 nitrogen and oxygen atoms in total. The Labute approximate surface area is 136 Å². The Balaban J connectivity index is 2.18. The Morgan fingerprint density at radius 2 is 1.77 bits per heavy atom. The summed E-state index contributed by atoms with van der Waals surface area (Å²) < 4.78 is 27.3. The molecule has 1 aliphatic carbocycles. The third-order valence-electron chi connectivity index (χ3n) is 3.11. The molecule has 118 valence electrons. The summed E-state index contributed by atoms with van der Waals surface area (Å²) in [6.07, 6.45) is 9.33. The van der Waals surface area contributed by atoms with Crippen LogP contribution in [0.15, 0.2) is 65.2 Å². The van der Waals surface area contributed by atoms with Crippen molar-refractivity contribution in [2.24, 2.45) is 5.41 Å². The molecule has 22 heavy (non-hydrogen) atoms. The zero-order valence-corrected chi connectivity index (χ0v) is 14.1. The number of benzene rings is 1. The van der Waals surface area contributed by atoms with E-state index in [9.17, 15) is 8.42 Å². The van der Waals surface area contributed by atoms with Crippen LogP contribution in [0, 0.1) is 5.41 Å². The van der Waals surface area contributed by atoms with Crippen LogP contribution >= 0.6 is 12.8 Å². The first kappa shape index (κ1) is 16.7. The summed E-state index contributed by atoms with van der Waals surface area (Å²) in [5.74, 6) is 0. The Bertz CT molecular complexity index is 718. The molecule has 1 aromatic carbocycles. The molecule has 0 fully saturated rings. The summed E-state index contributed by atoms with van der Waals surface area (Å²) in [4.78, 5) is 2.67. The quantitative estimate of drug-likeness (QED) is 0.493. The average molecular weight is 337 g/mol. The predicted octanol–water partition coefficient (Wildman–Crippen LogP) is 2.76. The van der Waals surface area contributed by atoms with Crippen LogP contribution in [-0.4, -0.2) is 8.42 Å². The van der Waals surface area contributed by atoms with Gasteiger partial charge in [0.2, 0.25) is 0 Å². The summed E-state index contributed by atoms with van der Waals surface area (Å²) in [5.41, 5.74) is 3.90. The second-order valence-corrected chi connectivity index (χ2v) is 7.41. The molecule has 0 saturated heterocycles. The summed E-state index contributed by atoms with van der Waals surface area (Å²) in [5, 5.41) is 0. The number of rotatable bonds is 5. The SMILES string of the molecule is CC1(C)C=CC=C(NS(=O)(=O)c2ccc(NNS)cc2)C=C1. The predicted molar refractivity (Wildman–Crippen MR) is 92.7 cm³/mol. The van der Waals surface area contributed by atoms with Crippen molar-refractivity contribution in [1.29, 1.82) is 0 Å². The van der Waals surface area contributed by atoms with Crippen molar-refractivity contribution in [2.45, 2.75) is 18.7 Å². The van der Waals surface area contributed by atoms with Crippen LogP contribution in [0.5, 0.6) is 0 Å². The fourth-order valence-corrected chi connectivity index (χ4v) is 3.07. The highest BCUT2D eigenvalue weighted by Crippen LogP contribution is 2.22. The summed E-state index contributed by atoms with van der Waals surface area (Å²) >= 11 is 3.81. The minimum Gasteiger partial charge on any atom is -0.312 e. The van der Waals surface area contributed by atoms with Gasteiger partial charge in [-0.2, -0.15) is 4.83 Å². The van der Waals surface area contributed by atoms with E-state index in [1.165, 1.54) is 12.1 Å². The topological polar surface area (TPSA) is 70.2 Å². The molecule has 0 radical (unpaired) electrons. The van der Waals surface area contributed by atoms with E-state index >= 15 is 0 Å². The van der Waals surface area contributed by atoms with Crippen molar-refractivity contribution in [3.8, 4) is 0 Å². The fraction of sp³-hybridized carbons (Fsp3) is 0.200. The zero-order valence-electron chi connectivity index (χ0n) is 12.4. The van der Waals surface area contributed by atoms with Gasteiger partial charge in [-0.25, -0.2) is 8.42 Å². The minimum absolute atomic E-state index is 0.100. The van der Waals surface area contributed by atoms with Crippen molar-refractivity contribution in [1.82, 2.24) is 9.55 Å². The van der Waals surface area contributed by atoms with Crippen molar-refractivity contribution >= 4 is 28.5 Å². The van der Waals surface area contributed by atoms with Gasteiger partial charge in [-0.15, -0.1) is 0 Å². The molecule has 3 N–H and O–H groups in total. The van der Waals surface area contributed by atoms with Crippen LogP contribution in [0.3, 0.4) is 0 Å². The molecule has 2 rings (SSSR count). The van der Waals surface area contributed by atoms with Gasteiger partial charge in [0, 0.05) is 16.8 Å². The lowest BCUT2D eigenvalue weighted by atomic mass is 9.93. The molecule has 0 aliphatic heterocycles. The third-order valence-corrected chi connectivity index (χ3v) is 4.62. The number of hydrogen-bond acceptors (Lipinski definition) is 5. The Morgan fingerprint density at radius 3 is 2.41 bits per heavy atom. The highest BCUT2D eigenvalue weighted by atomic mass is 32.2. The van der Waals surface area contributed by atoms with Crippen LogP contribution in [0.25, 0.3) is 0 Å². The Kier molecular flexibility index (Phi) is 5.00. The summed E-state index contributed by atoms with van der Waals surface area (Å²) in [7, 11) is -3.62. The molecule has 0 unspecified atom stereocenters. The van der Waals surface area contributed by atoms with E-state index in [1.807, 2.05) is 32.1 Å². The first-order valence-electron chi connectivity index (χ1n) is 6.69. The van der Waals surface area contributed by atoms with Crippen LogP contribution in [0.1, 0.15) is 13.8 Å². The number of allylic oxidation sites excluding steroid dienone is 5. The summed E-state index contributed by atoms with van der Waals surface area (Å²) in [6, 6.07) is 6.35. The highest BCUT2D eigenvalue weighted by molar-refractivity contribution is 7.89. The molecule has 0 bridgehead atoms. The molecule has 0 saturated carbocycles. The lowest BCUT2D eigenvalue weighted by Gasteiger charge is -2.13. The van der Waals surface area contributed by atoms with E-state index in [-0.39, 0.29) is 10.3 Å². The van der Waals surface area contributed by atoms with E-state index in [2.05, 4.69) is 27.8 Å². The molecule has 0 aromatic heterocycles. The minimum atomic E-state index is -3.62. The standard InChI is InChI=1S/C15H19N3O2S2/c1-15(2)10-3-4-13(9-11-15)17-22(19,20)14-7-5-12(6-8-14)16-18-21/h3-11,16-18,21H,1-2H3. The first-order valence-corrected chi connectivity index (χ1v) is 8.62. The number of nitrogens with one attached hydrogen (secondary N) is 3. The largest absolute Gasteiger partial charge is 0.312 e. The van der Waals surface area contributed by atoms with Crippen molar-refractivity contribution in [3.63, 3.8) is 0 Å². The number of anilines is 1. The van der Waals surface area contributed by atoms with Crippen LogP contribution in [0.4, 0.5) is 5.69 Å². The zero-order chi connectivity index (χ0) is 16.2. The number of hydrazine groups is 1. The highest BCUT2D eigenvalue weighted by Gasteiger charge is 2.16. The molecule has 7 heteroatoms. The van der Waals surface area contributed by atoms with Crippen LogP contribution in [0.2, 0.25) is 0 Å². The molecule has 0 atom stereocenters. The van der Waals surface area contributed by atoms with Crippen LogP contribution in [-0.2, 0) is 10.0 Å². The maximum absolute atomic E-state index is 12.4. The van der Waals surface area contributed by atoms with Crippen molar-refractivity contribution in [3.05, 3.63) is 60.3 Å². The van der Waals surface area contributed by atoms with Gasteiger partial charge in [0.15, 0.2) is 0 Å². The fourth-order valence-electron chi connectivity index (χ4n) is 1.88. The monoisotopic (exact) mass is 337 g/mol. The number of thiol groups is 1. The van der Waals surface area contributed by atoms with E-state index in [0.29, 0.717) is 11.4 Å². The lowest BCUT2D eigenvalue weighted by molar-refractivity contribution is 0.589. The van der Waals surface area contributed by atoms with Gasteiger partial charge in [0.1, 0.15) is 0 Å². The van der Waals surface area contributed by atoms with E-state index in [1.54, 1.807) is 24.3 Å². The lowest BCUT2D eigenvalue weighted by Crippen LogP contribution is -2.22. The van der Waals surface area contributed by atoms with E-state index in [4.69, 9.17) is 0 Å². The normalized spacial score (nSPS) is 16.8. The average Bonchev–Trinajstić information content (AvgIpc) is 2.61. The van der Waals surface area contributed by atoms with Gasteiger partial charge in [0.25, 0.3) is 10.0 Å². The smallest absolute Gasteiger partial charge is 0.261 e. The molecule has 0 amide bonds. The van der Waals surface area contributed by atoms with Crippen molar-refractivity contribution < 1.29 is 8.42 Å². The number of sulfonamides is 1. The Hall–Kier alpha value is -1.70. The van der Waals surface area contributed by atoms with Gasteiger partial charge in [-0.1, -0.05) is 44.9 Å². The molecule has 1 aromatic rings. The molecule has 0 spiro atoms. The maximum atomic E-state index is 12.4. The van der Waals surface area contributed by atoms with Gasteiger partial charge >= 0.3 is 0 Å². The van der Waals surface area contributed by atoms with Crippen LogP contribution < -0.4 is 15.0 Å². The summed E-state index contributed by atoms with van der Waals surface area (Å²) in [6.45, 7) is 4.10. The molecule has 0 heterocycles. The van der Waals surface area contributed by atoms with Gasteiger partial charge < -0.3 is 5.43 Å². The van der Waals surface area contributed by atoms with E-state index in [0.717, 1.165) is 0 Å². The molecular formula is C15H19N3O2S2. The van der Waals surface area contributed by atoms with Gasteiger partial charge in [0.05, 0.1) is 4.90 Å². The molecular weight excluding hydrogens is 318 g/mol. The maximum Gasteiger partial charge on any atom is 0.261 e. The third kappa shape index (κ3) is 4.40. The second-order valence-electron chi connectivity index (χ2n) is 5.50. The second kappa shape index (κ2) is 6.60. The van der Waals surface area contributed by atoms with Crippen molar-refractivity contribution in [2.75, 3.05) is 5.43 Å². The molecule has 1 aliphatic rings. The number of hydrogen-bond donors (Lipinski definition) is 4. The van der Waals surface area contributed by atoms with Gasteiger partial charge in [-0.3, -0.25) is 4.72 Å². The Morgan fingerprint density at radius 1 is 1.09 bits per heavy atom. The van der Waals surface area contributed by atoms with Gasteiger partial charge in [-0.05, 0) is 36.4 Å². The van der Waals surface area contributed by atoms with E-state index < -0.39 is 10.0 Å². The first-order chi connectivity index (χ1) is 10.3.